The van der Waals surface area contributed by atoms with E-state index in [2.05, 4.69) is 135 Å². The number of aliphatic hydroxyl groups is 7. The first-order chi connectivity index (χ1) is 37.6. The molecule has 0 aromatic heterocycles. The van der Waals surface area contributed by atoms with Gasteiger partial charge in [0.15, 0.2) is 12.6 Å². The van der Waals surface area contributed by atoms with Crippen molar-refractivity contribution in [2.45, 2.75) is 235 Å². The van der Waals surface area contributed by atoms with Crippen molar-refractivity contribution >= 4 is 5.97 Å². The second-order valence-electron chi connectivity index (χ2n) is 19.7. The first-order valence-corrected chi connectivity index (χ1v) is 29.1. The van der Waals surface area contributed by atoms with Crippen LogP contribution in [-0.4, -0.2) is 142 Å². The third-order valence-corrected chi connectivity index (χ3v) is 13.0. The van der Waals surface area contributed by atoms with Gasteiger partial charge in [-0.1, -0.05) is 180 Å². The Bertz CT molecular complexity index is 1730. The SMILES string of the molecule is CC/C=C\C/C=C\C/C=C\C/C=C\C/C=C\C/C=C\CCCCCOCC(COC1OC(COC2OC(CO)C(O)C(O)C2O)C(O)C(O)C1O)OC(=O)CCCCCCCCCC/C=C\C/C=C\C/C=C\C/C=C\CC. The molecule has 2 rings (SSSR count). The van der Waals surface area contributed by atoms with Crippen molar-refractivity contribution in [2.24, 2.45) is 0 Å². The first kappa shape index (κ1) is 69.5. The summed E-state index contributed by atoms with van der Waals surface area (Å²) in [6.45, 7) is 3.34. The van der Waals surface area contributed by atoms with Crippen molar-refractivity contribution in [3.05, 3.63) is 122 Å². The minimum Gasteiger partial charge on any atom is -0.457 e. The van der Waals surface area contributed by atoms with Crippen LogP contribution in [0.15, 0.2) is 122 Å². The molecular weight excluding hydrogens is 981 g/mol. The molecule has 14 heteroatoms. The van der Waals surface area contributed by atoms with Gasteiger partial charge in [0.25, 0.3) is 0 Å². The van der Waals surface area contributed by atoms with Crippen LogP contribution in [0.25, 0.3) is 0 Å². The van der Waals surface area contributed by atoms with Crippen molar-refractivity contribution in [2.75, 3.05) is 33.0 Å². The van der Waals surface area contributed by atoms with E-state index < -0.39 is 86.7 Å². The van der Waals surface area contributed by atoms with Crippen LogP contribution in [0.1, 0.15) is 168 Å². The predicted octanol–water partition coefficient (Wildman–Crippen LogP) is 10.5. The standard InChI is InChI=1S/C63H102O14/c1-3-5-7-9-11-13-15-17-19-21-23-25-27-29-31-33-35-37-39-41-43-45-47-72-49-52(50-73-62-61(71)59(69)57(67)54(77-62)51-74-63-60(70)58(68)56(66)53(48-64)76-63)75-55(65)46-44-42-40-38-36-34-32-30-28-26-24-22-20-18-16-14-12-10-8-6-4-2/h5-8,11-14,17-20,23-26,29,31,35,37,52-54,56-64,66-71H,3-4,9-10,15-16,21-22,27-28,30,32-34,36,38-51H2,1-2H3/b7-5-,8-6-,13-11-,14-12-,19-17-,20-18-,25-23-,26-24-,31-29-,37-35-. The number of ether oxygens (including phenoxy) is 6. The fraction of sp³-hybridized carbons (Fsp3) is 0.667. The van der Waals surface area contributed by atoms with E-state index in [0.717, 1.165) is 116 Å². The Labute approximate surface area is 463 Å². The van der Waals surface area contributed by atoms with E-state index in [4.69, 9.17) is 28.4 Å². The first-order valence-electron chi connectivity index (χ1n) is 29.1. The molecule has 2 heterocycles. The maximum absolute atomic E-state index is 13.1. The summed E-state index contributed by atoms with van der Waals surface area (Å²) in [5.74, 6) is -0.402. The normalized spacial score (nSPS) is 25.2. The third kappa shape index (κ3) is 34.9. The third-order valence-electron chi connectivity index (χ3n) is 13.0. The summed E-state index contributed by atoms with van der Waals surface area (Å²) >= 11 is 0. The van der Waals surface area contributed by atoms with Gasteiger partial charge in [-0.3, -0.25) is 4.79 Å². The summed E-state index contributed by atoms with van der Waals surface area (Å²) in [5.41, 5.74) is 0. The van der Waals surface area contributed by atoms with E-state index in [1.165, 1.54) is 25.7 Å². The number of carbonyl (C=O) groups excluding carboxylic acids is 1. The fourth-order valence-electron chi connectivity index (χ4n) is 8.34. The molecule has 11 unspecified atom stereocenters. The number of esters is 1. The lowest BCUT2D eigenvalue weighted by molar-refractivity contribution is -0.332. The van der Waals surface area contributed by atoms with E-state index in [1.807, 2.05) is 0 Å². The lowest BCUT2D eigenvalue weighted by atomic mass is 9.98. The number of rotatable bonds is 45. The molecule has 11 atom stereocenters. The summed E-state index contributed by atoms with van der Waals surface area (Å²) in [7, 11) is 0. The molecule has 2 fully saturated rings. The molecule has 2 aliphatic rings. The number of aliphatic hydroxyl groups excluding tert-OH is 7. The van der Waals surface area contributed by atoms with Gasteiger partial charge < -0.3 is 64.2 Å². The van der Waals surface area contributed by atoms with Crippen LogP contribution in [0.2, 0.25) is 0 Å². The van der Waals surface area contributed by atoms with Crippen LogP contribution in [0, 0.1) is 0 Å². The quantitative estimate of drug-likeness (QED) is 0.0172. The van der Waals surface area contributed by atoms with Crippen LogP contribution in [0.4, 0.5) is 0 Å². The molecule has 0 radical (unpaired) electrons. The molecule has 438 valence electrons. The van der Waals surface area contributed by atoms with Gasteiger partial charge in [0.05, 0.1) is 26.4 Å². The molecule has 0 aromatic carbocycles. The Kier molecular flexibility index (Phi) is 43.6. The second-order valence-corrected chi connectivity index (χ2v) is 19.7. The molecule has 7 N–H and O–H groups in total. The lowest BCUT2D eigenvalue weighted by Gasteiger charge is -2.42. The molecule has 0 spiro atoms. The summed E-state index contributed by atoms with van der Waals surface area (Å²) in [6.07, 6.45) is 51.1. The van der Waals surface area contributed by atoms with Crippen LogP contribution in [0.5, 0.6) is 0 Å². The van der Waals surface area contributed by atoms with E-state index >= 15 is 0 Å². The minimum atomic E-state index is -1.72. The van der Waals surface area contributed by atoms with Gasteiger partial charge in [-0.25, -0.2) is 0 Å². The molecule has 14 nitrogen and oxygen atoms in total. The zero-order valence-corrected chi connectivity index (χ0v) is 46.9. The number of hydrogen-bond donors (Lipinski definition) is 7. The summed E-state index contributed by atoms with van der Waals surface area (Å²) in [4.78, 5) is 13.1. The van der Waals surface area contributed by atoms with Crippen LogP contribution in [0.3, 0.4) is 0 Å². The highest BCUT2D eigenvalue weighted by atomic mass is 16.7. The van der Waals surface area contributed by atoms with Gasteiger partial charge in [0.2, 0.25) is 0 Å². The van der Waals surface area contributed by atoms with Gasteiger partial charge in [-0.2, -0.15) is 0 Å². The largest absolute Gasteiger partial charge is 0.457 e. The summed E-state index contributed by atoms with van der Waals surface area (Å²) in [5, 5.41) is 72.4. The van der Waals surface area contributed by atoms with Crippen LogP contribution < -0.4 is 0 Å². The number of hydrogen-bond acceptors (Lipinski definition) is 14. The Morgan fingerprint density at radius 2 is 0.805 bits per heavy atom. The van der Waals surface area contributed by atoms with Crippen LogP contribution >= 0.6 is 0 Å². The van der Waals surface area contributed by atoms with Crippen molar-refractivity contribution < 1.29 is 69.0 Å². The fourth-order valence-corrected chi connectivity index (χ4v) is 8.34. The second kappa shape index (κ2) is 48.3. The highest BCUT2D eigenvalue weighted by Crippen LogP contribution is 2.26. The average Bonchev–Trinajstić information content (AvgIpc) is 3.43. The molecule has 0 amide bonds. The van der Waals surface area contributed by atoms with Gasteiger partial charge in [-0.05, 0) is 103 Å². The number of allylic oxidation sites excluding steroid dienone is 20. The monoisotopic (exact) mass is 1080 g/mol. The summed E-state index contributed by atoms with van der Waals surface area (Å²) in [6, 6.07) is 0. The van der Waals surface area contributed by atoms with Crippen molar-refractivity contribution in [3.8, 4) is 0 Å². The van der Waals surface area contributed by atoms with E-state index in [0.29, 0.717) is 13.0 Å². The van der Waals surface area contributed by atoms with Crippen molar-refractivity contribution in [1.29, 1.82) is 0 Å². The van der Waals surface area contributed by atoms with Gasteiger partial charge in [0.1, 0.15) is 54.9 Å². The molecule has 2 saturated heterocycles. The van der Waals surface area contributed by atoms with Gasteiger partial charge in [-0.15, -0.1) is 0 Å². The van der Waals surface area contributed by atoms with E-state index in [1.54, 1.807) is 0 Å². The minimum absolute atomic E-state index is 0.0266. The topological polar surface area (TPSA) is 214 Å². The molecule has 0 bridgehead atoms. The van der Waals surface area contributed by atoms with Crippen molar-refractivity contribution in [1.82, 2.24) is 0 Å². The van der Waals surface area contributed by atoms with Gasteiger partial charge >= 0.3 is 5.97 Å². The molecule has 2 aliphatic heterocycles. The van der Waals surface area contributed by atoms with Gasteiger partial charge in [0, 0.05) is 13.0 Å². The molecular formula is C63H102O14. The molecule has 77 heavy (non-hydrogen) atoms. The smallest absolute Gasteiger partial charge is 0.306 e. The average molecular weight is 1080 g/mol. The molecule has 0 aliphatic carbocycles. The van der Waals surface area contributed by atoms with E-state index in [9.17, 15) is 40.5 Å². The predicted molar refractivity (Wildman–Crippen MR) is 307 cm³/mol. The highest BCUT2D eigenvalue weighted by molar-refractivity contribution is 5.69. The Hall–Kier alpha value is -3.61. The maximum Gasteiger partial charge on any atom is 0.306 e. The number of carbonyl (C=O) groups is 1. The molecule has 0 aromatic rings. The number of unbranched alkanes of at least 4 members (excludes halogenated alkanes) is 11. The maximum atomic E-state index is 13.1. The molecule has 0 saturated carbocycles. The van der Waals surface area contributed by atoms with E-state index in [-0.39, 0.29) is 19.6 Å². The van der Waals surface area contributed by atoms with Crippen molar-refractivity contribution in [3.63, 3.8) is 0 Å². The highest BCUT2D eigenvalue weighted by Gasteiger charge is 2.47. The lowest BCUT2D eigenvalue weighted by Crippen LogP contribution is -2.61. The summed E-state index contributed by atoms with van der Waals surface area (Å²) < 4.78 is 34.3. The zero-order valence-electron chi connectivity index (χ0n) is 46.9. The van der Waals surface area contributed by atoms with Crippen LogP contribution in [-0.2, 0) is 33.2 Å². The zero-order chi connectivity index (χ0) is 55.8. The Balaban J connectivity index is 1.75. The Morgan fingerprint density at radius 1 is 0.429 bits per heavy atom. The Morgan fingerprint density at radius 3 is 1.26 bits per heavy atom.